The van der Waals surface area contributed by atoms with Crippen molar-refractivity contribution in [3.8, 4) is 0 Å². The molecule has 1 saturated heterocycles. The topological polar surface area (TPSA) is 57.2 Å². The summed E-state index contributed by atoms with van der Waals surface area (Å²) >= 11 is 1.01. The zero-order valence-electron chi connectivity index (χ0n) is 12.0. The van der Waals surface area contributed by atoms with Gasteiger partial charge in [-0.3, -0.25) is 4.18 Å². The Balaban J connectivity index is 0.00000361. The first kappa shape index (κ1) is 18.7. The molecular weight excluding hydrogens is 527 g/mol. The number of amides is 1. The van der Waals surface area contributed by atoms with Crippen LogP contribution < -0.4 is 0 Å². The number of ether oxygens (including phenoxy) is 3. The number of carbonyl (C=O) groups excluding carboxylic acids is 1. The molecule has 0 bridgehead atoms. The maximum atomic E-state index is 10.5. The first-order chi connectivity index (χ1) is 9.03. The Kier molecular flexibility index (Phi) is 8.91. The standard InChI is InChI=1S/C12H22NO5S.Fm/c1-12(2,3)17-7-6-15-4-5-16-8-11-9-18-19-13(11)10-14;/h11H,4-9H2,1-3H3;/q-1;. The van der Waals surface area contributed by atoms with Gasteiger partial charge in [-0.15, -0.1) is 0 Å². The van der Waals surface area contributed by atoms with Crippen LogP contribution in [0.5, 0.6) is 0 Å². The van der Waals surface area contributed by atoms with E-state index in [0.29, 0.717) is 39.6 Å². The summed E-state index contributed by atoms with van der Waals surface area (Å²) in [4.78, 5) is 10.5. The Bertz CT molecular complexity index is 265. The van der Waals surface area contributed by atoms with Gasteiger partial charge in [0, 0.05) is 0 Å². The molecule has 6 nitrogen and oxygen atoms in total. The molecule has 1 amide bonds. The van der Waals surface area contributed by atoms with E-state index < -0.39 is 0 Å². The fourth-order valence-electron chi connectivity index (χ4n) is 1.35. The summed E-state index contributed by atoms with van der Waals surface area (Å²) in [5, 5.41) is 0. The summed E-state index contributed by atoms with van der Waals surface area (Å²) in [7, 11) is 0. The van der Waals surface area contributed by atoms with Crippen LogP contribution in [0.25, 0.3) is 0 Å². The second kappa shape index (κ2) is 9.55. The van der Waals surface area contributed by atoms with Gasteiger partial charge in [0.2, 0.25) is 0 Å². The van der Waals surface area contributed by atoms with E-state index in [1.54, 1.807) is 6.41 Å². The Morgan fingerprint density at radius 1 is 1.25 bits per heavy atom. The minimum atomic E-state index is -0.130. The van der Waals surface area contributed by atoms with E-state index >= 15 is 0 Å². The molecule has 1 rings (SSSR count). The van der Waals surface area contributed by atoms with Crippen LogP contribution in [-0.2, 0) is 23.2 Å². The molecule has 8 heteroatoms. The summed E-state index contributed by atoms with van der Waals surface area (Å²) in [5.74, 6) is 0. The van der Waals surface area contributed by atoms with Gasteiger partial charge in [0.25, 0.3) is 0 Å². The van der Waals surface area contributed by atoms with Crippen molar-refractivity contribution in [3.05, 3.63) is 0 Å². The molecule has 0 radical (unpaired) electrons. The van der Waals surface area contributed by atoms with E-state index in [4.69, 9.17) is 18.4 Å². The Morgan fingerprint density at radius 3 is 2.55 bits per heavy atom. The third-order valence-corrected chi connectivity index (χ3v) is 3.03. The average molecular weight is 549 g/mol. The molecule has 0 aliphatic carbocycles. The first-order valence-corrected chi connectivity index (χ1v) is 6.99. The van der Waals surface area contributed by atoms with E-state index in [0.717, 1.165) is 12.2 Å². The second-order valence-electron chi connectivity index (χ2n) is 5.08. The summed E-state index contributed by atoms with van der Waals surface area (Å²) in [5.41, 5.74) is -0.130. The van der Waals surface area contributed by atoms with Gasteiger partial charge in [-0.25, -0.2) is 0 Å². The van der Waals surface area contributed by atoms with E-state index in [9.17, 15) is 4.79 Å². The molecule has 1 heterocycles. The Morgan fingerprint density at radius 2 is 1.90 bits per heavy atom. The Labute approximate surface area is 119 Å². The molecule has 1 aliphatic rings. The molecule has 124 valence electrons. The van der Waals surface area contributed by atoms with Gasteiger partial charge in [-0.05, 0) is 20.8 Å². The van der Waals surface area contributed by atoms with Crippen LogP contribution >= 0.6 is 12.2 Å². The zero-order chi connectivity index (χ0) is 14.1. The fraction of sp³-hybridized carbons (Fsp3) is 0.917. The second-order valence-corrected chi connectivity index (χ2v) is 5.86. The van der Waals surface area contributed by atoms with Crippen molar-refractivity contribution >= 4 is 18.6 Å². The normalized spacial score (nSPS) is 18.9. The molecule has 1 fully saturated rings. The molecule has 0 aromatic rings. The van der Waals surface area contributed by atoms with Crippen molar-refractivity contribution in [1.29, 1.82) is 0 Å². The first-order valence-electron chi connectivity index (χ1n) is 6.29. The SMILES string of the molecule is CC(C)(C)OCCOCCOCC1COSN1[C-]=O.[Fm]. The van der Waals surface area contributed by atoms with E-state index in [1.165, 1.54) is 4.31 Å². The van der Waals surface area contributed by atoms with E-state index in [2.05, 4.69) is 0 Å². The van der Waals surface area contributed by atoms with E-state index in [1.807, 2.05) is 20.8 Å². The van der Waals surface area contributed by atoms with Crippen LogP contribution in [0.1, 0.15) is 20.8 Å². The predicted octanol–water partition coefficient (Wildman–Crippen LogP) is 1.17. The van der Waals surface area contributed by atoms with Gasteiger partial charge in [0.05, 0.1) is 63.5 Å². The van der Waals surface area contributed by atoms with Gasteiger partial charge in [-0.2, -0.15) is 6.41 Å². The van der Waals surface area contributed by atoms with Crippen LogP contribution in [0.4, 0.5) is 0 Å². The van der Waals surface area contributed by atoms with Gasteiger partial charge < -0.3 is 23.3 Å². The molecule has 1 aliphatic heterocycles. The number of hydrogen-bond acceptors (Lipinski definition) is 6. The number of nitrogens with zero attached hydrogens (tertiary/aromatic N) is 1. The largest absolute Gasteiger partial charge is 0.519 e. The predicted molar refractivity (Wildman–Crippen MR) is 72.2 cm³/mol. The van der Waals surface area contributed by atoms with Crippen molar-refractivity contribution in [2.24, 2.45) is 0 Å². The van der Waals surface area contributed by atoms with Gasteiger partial charge in [-0.1, -0.05) is 0 Å². The maximum Gasteiger partial charge on any atom is 0.0841 e. The quantitative estimate of drug-likeness (QED) is 0.186. The van der Waals surface area contributed by atoms with Crippen LogP contribution in [0.3, 0.4) is 0 Å². The van der Waals surface area contributed by atoms with E-state index in [-0.39, 0.29) is 11.6 Å². The molecule has 20 heavy (non-hydrogen) atoms. The monoisotopic (exact) mass is 549 g/mol. The van der Waals surface area contributed by atoms with Crippen molar-refractivity contribution in [1.82, 2.24) is 4.31 Å². The van der Waals surface area contributed by atoms with Crippen LogP contribution in [0, 0.1) is 0 Å². The van der Waals surface area contributed by atoms with Gasteiger partial charge in [0.15, 0.2) is 0 Å². The zero-order valence-corrected chi connectivity index (χ0v) is 15.2. The van der Waals surface area contributed by atoms with Crippen molar-refractivity contribution in [2.45, 2.75) is 32.4 Å². The molecule has 0 aromatic carbocycles. The summed E-state index contributed by atoms with van der Waals surface area (Å²) in [6, 6.07) is -0.0632. The van der Waals surface area contributed by atoms with Crippen molar-refractivity contribution in [3.63, 3.8) is 0 Å². The van der Waals surface area contributed by atoms with Crippen LogP contribution in [0.15, 0.2) is 0 Å². The molecule has 0 N–H and O–H groups in total. The Hall–Kier alpha value is -1.34. The third-order valence-electron chi connectivity index (χ3n) is 2.26. The minimum absolute atomic E-state index is 0. The minimum Gasteiger partial charge on any atom is -0.519 e. The maximum absolute atomic E-state index is 10.5. The fourth-order valence-corrected chi connectivity index (χ4v) is 1.95. The van der Waals surface area contributed by atoms with Gasteiger partial charge >= 0.3 is 0 Å². The third kappa shape index (κ3) is 7.96. The van der Waals surface area contributed by atoms with Crippen LogP contribution in [-0.4, -0.2) is 62.0 Å². The molecule has 0 saturated carbocycles. The molecule has 0 aromatic heterocycles. The van der Waals surface area contributed by atoms with Gasteiger partial charge in [0.1, 0.15) is 0 Å². The van der Waals surface area contributed by atoms with Crippen molar-refractivity contribution in [2.75, 3.05) is 39.6 Å². The molecular formula is C12H22FmNO5S-. The smallest absolute Gasteiger partial charge is 0.0841 e. The summed E-state index contributed by atoms with van der Waals surface area (Å²) < 4.78 is 22.7. The number of rotatable bonds is 9. The molecule has 1 atom stereocenters. The average Bonchev–Trinajstić information content (AvgIpc) is 2.78. The molecule has 1 unspecified atom stereocenters. The van der Waals surface area contributed by atoms with Crippen LogP contribution in [0.2, 0.25) is 0 Å². The summed E-state index contributed by atoms with van der Waals surface area (Å²) in [6.45, 7) is 9.06. The summed E-state index contributed by atoms with van der Waals surface area (Å²) in [6.07, 6.45) is 1.79. The molecule has 0 spiro atoms. The van der Waals surface area contributed by atoms with Crippen molar-refractivity contribution < 1.29 is 23.2 Å². The number of hydrogen-bond donors (Lipinski definition) is 0.